The first-order valence-corrected chi connectivity index (χ1v) is 4.18. The van der Waals surface area contributed by atoms with Gasteiger partial charge in [0.25, 0.3) is 0 Å². The molecule has 0 aromatic heterocycles. The smallest absolute Gasteiger partial charge is 0.221 e. The van der Waals surface area contributed by atoms with E-state index in [4.69, 9.17) is 9.16 Å². The van der Waals surface area contributed by atoms with Crippen molar-refractivity contribution in [3.8, 4) is 0 Å². The van der Waals surface area contributed by atoms with E-state index in [1.807, 2.05) is 32.1 Å². The van der Waals surface area contributed by atoms with Crippen molar-refractivity contribution in [3.05, 3.63) is 30.1 Å². The lowest BCUT2D eigenvalue weighted by atomic mass is 10.1. The molecule has 0 saturated carbocycles. The molecule has 2 heteroatoms. The van der Waals surface area contributed by atoms with Crippen LogP contribution in [0.4, 0.5) is 0 Å². The summed E-state index contributed by atoms with van der Waals surface area (Å²) >= 11 is 0. The molecule has 0 amide bonds. The average molecular weight is 166 g/mol. The Balaban J connectivity index is 2.44. The van der Waals surface area contributed by atoms with E-state index in [-0.39, 0.29) is 0 Å². The number of hydrogen-bond donors (Lipinski definition) is 0. The van der Waals surface area contributed by atoms with Crippen LogP contribution in [0.15, 0.2) is 24.0 Å². The third-order valence-electron chi connectivity index (χ3n) is 1.52. The van der Waals surface area contributed by atoms with Crippen LogP contribution in [0, 0.1) is 6.10 Å². The van der Waals surface area contributed by atoms with E-state index in [9.17, 15) is 0 Å². The molecule has 1 rings (SSSR count). The zero-order valence-corrected chi connectivity index (χ0v) is 7.54. The Morgan fingerprint density at radius 2 is 2.58 bits per heavy atom. The third-order valence-corrected chi connectivity index (χ3v) is 1.52. The Kier molecular flexibility index (Phi) is 3.45. The summed E-state index contributed by atoms with van der Waals surface area (Å²) < 4.78 is 10.5. The second-order valence-electron chi connectivity index (χ2n) is 2.40. The predicted octanol–water partition coefficient (Wildman–Crippen LogP) is 2.15. The van der Waals surface area contributed by atoms with E-state index in [1.54, 1.807) is 6.29 Å². The fourth-order valence-corrected chi connectivity index (χ4v) is 1.02. The summed E-state index contributed by atoms with van der Waals surface area (Å²) in [5, 5.41) is 0. The molecule has 2 nitrogen and oxygen atoms in total. The third kappa shape index (κ3) is 2.46. The van der Waals surface area contributed by atoms with Crippen molar-refractivity contribution in [2.75, 3.05) is 6.61 Å². The minimum atomic E-state index is 0.715. The van der Waals surface area contributed by atoms with Crippen molar-refractivity contribution in [1.29, 1.82) is 0 Å². The summed E-state index contributed by atoms with van der Waals surface area (Å²) in [6, 6.07) is 0. The SMILES string of the molecule is CC=[O+][C-]1C=CC(OCC)=CC1. The van der Waals surface area contributed by atoms with E-state index in [0.29, 0.717) is 6.61 Å². The fraction of sp³-hybridized carbons (Fsp3) is 0.400. The van der Waals surface area contributed by atoms with Gasteiger partial charge < -0.3 is 9.16 Å². The molecule has 0 fully saturated rings. The van der Waals surface area contributed by atoms with Crippen molar-refractivity contribution in [2.24, 2.45) is 0 Å². The minimum absolute atomic E-state index is 0.715. The van der Waals surface area contributed by atoms with Crippen LogP contribution in [-0.2, 0) is 9.16 Å². The lowest BCUT2D eigenvalue weighted by Gasteiger charge is -2.11. The zero-order chi connectivity index (χ0) is 8.81. The second-order valence-corrected chi connectivity index (χ2v) is 2.40. The molecule has 1 aliphatic carbocycles. The Bertz CT molecular complexity index is 214. The molecule has 0 radical (unpaired) electrons. The Labute approximate surface area is 73.2 Å². The highest BCUT2D eigenvalue weighted by Gasteiger charge is 2.08. The van der Waals surface area contributed by atoms with E-state index in [1.165, 1.54) is 0 Å². The Morgan fingerprint density at radius 1 is 1.75 bits per heavy atom. The number of ether oxygens (including phenoxy) is 1. The van der Waals surface area contributed by atoms with Crippen LogP contribution in [0.25, 0.3) is 0 Å². The lowest BCUT2D eigenvalue weighted by Crippen LogP contribution is -2.00. The summed E-state index contributed by atoms with van der Waals surface area (Å²) in [6.07, 6.45) is 9.33. The van der Waals surface area contributed by atoms with Gasteiger partial charge in [-0.15, -0.1) is 6.08 Å². The quantitative estimate of drug-likeness (QED) is 0.357. The van der Waals surface area contributed by atoms with Crippen molar-refractivity contribution in [1.82, 2.24) is 0 Å². The Morgan fingerprint density at radius 3 is 3.08 bits per heavy atom. The highest BCUT2D eigenvalue weighted by Crippen LogP contribution is 2.17. The average Bonchev–Trinajstić information content (AvgIpc) is 2.09. The van der Waals surface area contributed by atoms with Crippen molar-refractivity contribution in [3.63, 3.8) is 0 Å². The van der Waals surface area contributed by atoms with Gasteiger partial charge in [-0.05, 0) is 13.8 Å². The van der Waals surface area contributed by atoms with Crippen LogP contribution in [-0.4, -0.2) is 12.9 Å². The van der Waals surface area contributed by atoms with E-state index in [2.05, 4.69) is 0 Å². The number of rotatable bonds is 3. The van der Waals surface area contributed by atoms with Gasteiger partial charge in [-0.3, -0.25) is 0 Å². The van der Waals surface area contributed by atoms with Crippen LogP contribution >= 0.6 is 0 Å². The van der Waals surface area contributed by atoms with Gasteiger partial charge in [0.1, 0.15) is 0 Å². The molecule has 0 N–H and O–H groups in total. The number of carbonyl (C=O) groups excluding carboxylic acids is 1. The topological polar surface area (TPSA) is 20.5 Å². The summed E-state index contributed by atoms with van der Waals surface area (Å²) in [4.78, 5) is 0. The molecule has 0 atom stereocenters. The number of allylic oxidation sites excluding steroid dienone is 1. The van der Waals surface area contributed by atoms with Crippen molar-refractivity contribution in [2.45, 2.75) is 20.3 Å². The molecular formula is C10H14O2. The molecule has 1 aliphatic rings. The second kappa shape index (κ2) is 4.65. The van der Waals surface area contributed by atoms with Crippen molar-refractivity contribution >= 4 is 6.29 Å². The van der Waals surface area contributed by atoms with Crippen LogP contribution < -0.4 is 0 Å². The lowest BCUT2D eigenvalue weighted by molar-refractivity contribution is -0.428. The Hall–Kier alpha value is -1.18. The fourth-order valence-electron chi connectivity index (χ4n) is 1.02. The van der Waals surface area contributed by atoms with Gasteiger partial charge in [0, 0.05) is 6.42 Å². The maximum absolute atomic E-state index is 5.30. The normalized spacial score (nSPS) is 16.8. The van der Waals surface area contributed by atoms with Gasteiger partial charge >= 0.3 is 0 Å². The summed E-state index contributed by atoms with van der Waals surface area (Å²) in [5.74, 6) is 0.931. The maximum atomic E-state index is 5.30. The molecule has 0 aliphatic heterocycles. The highest BCUT2D eigenvalue weighted by atomic mass is 16.5. The molecule has 0 spiro atoms. The van der Waals surface area contributed by atoms with Crippen LogP contribution in [0.5, 0.6) is 0 Å². The zero-order valence-electron chi connectivity index (χ0n) is 7.54. The number of aldehydes is 1. The summed E-state index contributed by atoms with van der Waals surface area (Å²) in [5.41, 5.74) is 0. The first-order valence-electron chi connectivity index (χ1n) is 4.18. The largest absolute Gasteiger partial charge is 0.507 e. The van der Waals surface area contributed by atoms with Gasteiger partial charge in [0.2, 0.25) is 6.10 Å². The summed E-state index contributed by atoms with van der Waals surface area (Å²) in [6.45, 7) is 4.55. The first kappa shape index (κ1) is 8.91. The standard InChI is InChI=1S/C10H14O2/c1-3-11-9-5-7-10(8-6-9)12-4-2/h3,5,7-8H,4,6H2,1-2H3. The van der Waals surface area contributed by atoms with Crippen LogP contribution in [0.2, 0.25) is 0 Å². The van der Waals surface area contributed by atoms with Crippen LogP contribution in [0.3, 0.4) is 0 Å². The van der Waals surface area contributed by atoms with Crippen LogP contribution in [0.1, 0.15) is 20.3 Å². The van der Waals surface area contributed by atoms with Gasteiger partial charge in [0.15, 0.2) is 6.29 Å². The van der Waals surface area contributed by atoms with E-state index < -0.39 is 0 Å². The molecule has 0 bridgehead atoms. The molecular weight excluding hydrogens is 152 g/mol. The summed E-state index contributed by atoms with van der Waals surface area (Å²) in [7, 11) is 0. The molecule has 12 heavy (non-hydrogen) atoms. The van der Waals surface area contributed by atoms with Gasteiger partial charge in [-0.25, -0.2) is 0 Å². The van der Waals surface area contributed by atoms with Gasteiger partial charge in [-0.1, -0.05) is 12.2 Å². The molecule has 0 heterocycles. The van der Waals surface area contributed by atoms with E-state index >= 15 is 0 Å². The molecule has 0 aromatic carbocycles. The molecule has 66 valence electrons. The van der Waals surface area contributed by atoms with Crippen molar-refractivity contribution < 1.29 is 9.16 Å². The minimum Gasteiger partial charge on any atom is -0.507 e. The predicted molar refractivity (Wildman–Crippen MR) is 48.4 cm³/mol. The monoisotopic (exact) mass is 166 g/mol. The maximum Gasteiger partial charge on any atom is 0.221 e. The van der Waals surface area contributed by atoms with E-state index in [0.717, 1.165) is 18.3 Å². The van der Waals surface area contributed by atoms with Gasteiger partial charge in [-0.2, -0.15) is 0 Å². The molecule has 0 saturated heterocycles. The number of hydrogen-bond acceptors (Lipinski definition) is 1. The molecule has 0 unspecified atom stereocenters. The van der Waals surface area contributed by atoms with Gasteiger partial charge in [0.05, 0.1) is 12.4 Å². The first-order chi connectivity index (χ1) is 5.86. The molecule has 0 aromatic rings. The highest BCUT2D eigenvalue weighted by molar-refractivity contribution is 5.46.